The van der Waals surface area contributed by atoms with Crippen molar-refractivity contribution in [1.29, 1.82) is 0 Å². The Kier molecular flexibility index (Phi) is 4.94. The van der Waals surface area contributed by atoms with E-state index in [1.165, 1.54) is 12.1 Å². The smallest absolute Gasteiger partial charge is 0.133 e. The van der Waals surface area contributed by atoms with E-state index in [1.807, 2.05) is 13.8 Å². The summed E-state index contributed by atoms with van der Waals surface area (Å²) >= 11 is 5.76. The first kappa shape index (κ1) is 13.2. The molecule has 1 rings (SSSR count). The molecule has 0 bridgehead atoms. The summed E-state index contributed by atoms with van der Waals surface area (Å²) in [5, 5.41) is 0.507. The maximum atomic E-state index is 13.3. The standard InChI is InChI=1S/C13H16ClFO/c1-9(2)7-12(16)5-3-10-8-11(14)4-6-13(10)15/h4,6,8-9H,3,5,7H2,1-2H3. The zero-order chi connectivity index (χ0) is 12.1. The summed E-state index contributed by atoms with van der Waals surface area (Å²) < 4.78 is 13.3. The van der Waals surface area contributed by atoms with Crippen molar-refractivity contribution in [3.8, 4) is 0 Å². The Morgan fingerprint density at radius 3 is 2.75 bits per heavy atom. The molecule has 0 saturated carbocycles. The van der Waals surface area contributed by atoms with E-state index in [0.717, 1.165) is 0 Å². The van der Waals surface area contributed by atoms with E-state index in [-0.39, 0.29) is 11.6 Å². The summed E-state index contributed by atoms with van der Waals surface area (Å²) in [5.74, 6) is 0.243. The summed E-state index contributed by atoms with van der Waals surface area (Å²) in [6.45, 7) is 4.00. The van der Waals surface area contributed by atoms with E-state index in [1.54, 1.807) is 6.07 Å². The number of rotatable bonds is 5. The van der Waals surface area contributed by atoms with Gasteiger partial charge in [0.2, 0.25) is 0 Å². The van der Waals surface area contributed by atoms with Gasteiger partial charge in [-0.15, -0.1) is 0 Å². The first-order valence-corrected chi connectivity index (χ1v) is 5.82. The minimum absolute atomic E-state index is 0.175. The van der Waals surface area contributed by atoms with Gasteiger partial charge in [0.1, 0.15) is 11.6 Å². The van der Waals surface area contributed by atoms with Crippen LogP contribution in [0.1, 0.15) is 32.3 Å². The number of aryl methyl sites for hydroxylation is 1. The Bertz CT molecular complexity index is 374. The number of hydrogen-bond acceptors (Lipinski definition) is 1. The maximum Gasteiger partial charge on any atom is 0.133 e. The number of ketones is 1. The van der Waals surface area contributed by atoms with E-state index in [9.17, 15) is 9.18 Å². The molecule has 0 unspecified atom stereocenters. The number of Topliss-reactive ketones (excluding diaryl/α,β-unsaturated/α-hetero) is 1. The van der Waals surface area contributed by atoms with Crippen molar-refractivity contribution in [3.05, 3.63) is 34.6 Å². The molecule has 0 spiro atoms. The van der Waals surface area contributed by atoms with Crippen LogP contribution in [0.2, 0.25) is 5.02 Å². The SMILES string of the molecule is CC(C)CC(=O)CCc1cc(Cl)ccc1F. The lowest BCUT2D eigenvalue weighted by molar-refractivity contribution is -0.119. The molecule has 88 valence electrons. The fourth-order valence-corrected chi connectivity index (χ4v) is 1.76. The van der Waals surface area contributed by atoms with Crippen LogP contribution in [0.25, 0.3) is 0 Å². The average molecular weight is 243 g/mol. The Labute approximate surface area is 101 Å². The van der Waals surface area contributed by atoms with Crippen LogP contribution in [0.4, 0.5) is 4.39 Å². The highest BCUT2D eigenvalue weighted by Crippen LogP contribution is 2.17. The van der Waals surface area contributed by atoms with Crippen LogP contribution in [-0.4, -0.2) is 5.78 Å². The minimum atomic E-state index is -0.290. The van der Waals surface area contributed by atoms with E-state index in [2.05, 4.69) is 0 Å². The monoisotopic (exact) mass is 242 g/mol. The second-order valence-electron chi connectivity index (χ2n) is 4.37. The summed E-state index contributed by atoms with van der Waals surface area (Å²) in [6, 6.07) is 4.43. The van der Waals surface area contributed by atoms with Gasteiger partial charge in [0.25, 0.3) is 0 Å². The second kappa shape index (κ2) is 6.00. The van der Waals surface area contributed by atoms with Gasteiger partial charge >= 0.3 is 0 Å². The maximum absolute atomic E-state index is 13.3. The van der Waals surface area contributed by atoms with Gasteiger partial charge < -0.3 is 0 Å². The molecule has 0 amide bonds. The number of carbonyl (C=O) groups is 1. The van der Waals surface area contributed by atoms with E-state index < -0.39 is 0 Å². The van der Waals surface area contributed by atoms with Crippen LogP contribution in [0.3, 0.4) is 0 Å². The Morgan fingerprint density at radius 1 is 1.44 bits per heavy atom. The summed E-state index contributed by atoms with van der Waals surface area (Å²) in [5.41, 5.74) is 0.518. The molecule has 1 aromatic carbocycles. The van der Waals surface area contributed by atoms with Gasteiger partial charge in [0, 0.05) is 17.9 Å². The van der Waals surface area contributed by atoms with E-state index >= 15 is 0 Å². The van der Waals surface area contributed by atoms with Crippen molar-refractivity contribution in [2.75, 3.05) is 0 Å². The van der Waals surface area contributed by atoms with Gasteiger partial charge in [-0.3, -0.25) is 4.79 Å². The first-order valence-electron chi connectivity index (χ1n) is 5.44. The molecule has 0 radical (unpaired) electrons. The quantitative estimate of drug-likeness (QED) is 0.762. The lowest BCUT2D eigenvalue weighted by atomic mass is 10.0. The van der Waals surface area contributed by atoms with Crippen LogP contribution in [0, 0.1) is 11.7 Å². The van der Waals surface area contributed by atoms with Gasteiger partial charge in [-0.2, -0.15) is 0 Å². The highest BCUT2D eigenvalue weighted by Gasteiger charge is 2.08. The van der Waals surface area contributed by atoms with Crippen molar-refractivity contribution >= 4 is 17.4 Å². The Hall–Kier alpha value is -0.890. The number of carbonyl (C=O) groups excluding carboxylic acids is 1. The van der Waals surface area contributed by atoms with E-state index in [4.69, 9.17) is 11.6 Å². The lowest BCUT2D eigenvalue weighted by Gasteiger charge is -2.05. The molecule has 0 aromatic heterocycles. The highest BCUT2D eigenvalue weighted by atomic mass is 35.5. The molecular weight excluding hydrogens is 227 g/mol. The van der Waals surface area contributed by atoms with E-state index in [0.29, 0.717) is 35.8 Å². The van der Waals surface area contributed by atoms with Crippen LogP contribution >= 0.6 is 11.6 Å². The highest BCUT2D eigenvalue weighted by molar-refractivity contribution is 6.30. The Morgan fingerprint density at radius 2 is 2.12 bits per heavy atom. The normalized spacial score (nSPS) is 10.8. The summed E-state index contributed by atoms with van der Waals surface area (Å²) in [4.78, 5) is 11.5. The zero-order valence-corrected chi connectivity index (χ0v) is 10.4. The molecule has 0 aliphatic carbocycles. The fourth-order valence-electron chi connectivity index (χ4n) is 1.57. The molecule has 16 heavy (non-hydrogen) atoms. The molecule has 0 N–H and O–H groups in total. The molecule has 3 heteroatoms. The zero-order valence-electron chi connectivity index (χ0n) is 9.59. The molecule has 0 fully saturated rings. The topological polar surface area (TPSA) is 17.1 Å². The number of hydrogen-bond donors (Lipinski definition) is 0. The van der Waals surface area contributed by atoms with Gasteiger partial charge in [0.15, 0.2) is 0 Å². The third kappa shape index (κ3) is 4.31. The first-order chi connectivity index (χ1) is 7.49. The molecular formula is C13H16ClFO. The van der Waals surface area contributed by atoms with Crippen molar-refractivity contribution in [2.24, 2.45) is 5.92 Å². The second-order valence-corrected chi connectivity index (χ2v) is 4.81. The molecule has 1 aromatic rings. The lowest BCUT2D eigenvalue weighted by Crippen LogP contribution is -2.05. The van der Waals surface area contributed by atoms with Crippen LogP contribution in [0.5, 0.6) is 0 Å². The van der Waals surface area contributed by atoms with Crippen LogP contribution in [0.15, 0.2) is 18.2 Å². The van der Waals surface area contributed by atoms with Gasteiger partial charge in [-0.05, 0) is 36.1 Å². The molecule has 0 atom stereocenters. The molecule has 1 nitrogen and oxygen atoms in total. The van der Waals surface area contributed by atoms with Crippen LogP contribution < -0.4 is 0 Å². The Balaban J connectivity index is 2.54. The molecule has 0 heterocycles. The molecule has 0 saturated heterocycles. The predicted octanol–water partition coefficient (Wildman–Crippen LogP) is 4.03. The van der Waals surface area contributed by atoms with Crippen molar-refractivity contribution in [1.82, 2.24) is 0 Å². The van der Waals surface area contributed by atoms with Crippen molar-refractivity contribution in [3.63, 3.8) is 0 Å². The summed E-state index contributed by atoms with van der Waals surface area (Å²) in [6.07, 6.45) is 1.37. The third-order valence-electron chi connectivity index (χ3n) is 2.32. The predicted molar refractivity (Wildman–Crippen MR) is 64.2 cm³/mol. The third-order valence-corrected chi connectivity index (χ3v) is 2.55. The van der Waals surface area contributed by atoms with Crippen molar-refractivity contribution in [2.45, 2.75) is 33.1 Å². The van der Waals surface area contributed by atoms with Gasteiger partial charge in [-0.25, -0.2) is 4.39 Å². The molecule has 0 aliphatic heterocycles. The average Bonchev–Trinajstić information content (AvgIpc) is 2.18. The minimum Gasteiger partial charge on any atom is -0.300 e. The number of halogens is 2. The van der Waals surface area contributed by atoms with Gasteiger partial charge in [-0.1, -0.05) is 25.4 Å². The van der Waals surface area contributed by atoms with Crippen molar-refractivity contribution < 1.29 is 9.18 Å². The molecule has 0 aliphatic rings. The largest absolute Gasteiger partial charge is 0.300 e. The van der Waals surface area contributed by atoms with Crippen LogP contribution in [-0.2, 0) is 11.2 Å². The number of benzene rings is 1. The van der Waals surface area contributed by atoms with Gasteiger partial charge in [0.05, 0.1) is 0 Å². The fraction of sp³-hybridized carbons (Fsp3) is 0.462. The summed E-state index contributed by atoms with van der Waals surface area (Å²) in [7, 11) is 0.